The molecule has 0 spiro atoms. The molecule has 1 aliphatic heterocycles. The molecule has 1 N–H and O–H groups in total. The van der Waals surface area contributed by atoms with Crippen LogP contribution in [0.25, 0.3) is 0 Å². The molecule has 0 aromatic carbocycles. The van der Waals surface area contributed by atoms with Crippen LogP contribution in [-0.4, -0.2) is 24.7 Å². The van der Waals surface area contributed by atoms with Gasteiger partial charge in [0, 0.05) is 6.61 Å². The molecule has 0 aromatic rings. The molecule has 1 atom stereocenters. The van der Waals surface area contributed by atoms with Crippen LogP contribution in [0.5, 0.6) is 0 Å². The first-order chi connectivity index (χ1) is 8.65. The maximum Gasteiger partial charge on any atom is 0.226 e. The number of nitriles is 1. The summed E-state index contributed by atoms with van der Waals surface area (Å²) in [5.41, 5.74) is -0.624. The normalized spacial score (nSPS) is 36.7. The van der Waals surface area contributed by atoms with Crippen LogP contribution in [0.1, 0.15) is 45.4 Å². The van der Waals surface area contributed by atoms with Gasteiger partial charge in [-0.2, -0.15) is 5.26 Å². The molecule has 0 radical (unpaired) electrons. The van der Waals surface area contributed by atoms with Crippen molar-refractivity contribution < 1.29 is 9.53 Å². The summed E-state index contributed by atoms with van der Waals surface area (Å²) in [6.45, 7) is 3.46. The van der Waals surface area contributed by atoms with Gasteiger partial charge in [-0.05, 0) is 44.4 Å². The Kier molecular flexibility index (Phi) is 4.23. The number of nitrogens with zero attached hydrogens (tertiary/aromatic N) is 1. The lowest BCUT2D eigenvalue weighted by Gasteiger charge is -2.35. The summed E-state index contributed by atoms with van der Waals surface area (Å²) < 4.78 is 5.33. The molecule has 1 unspecified atom stereocenters. The second-order valence-electron chi connectivity index (χ2n) is 5.78. The first-order valence-electron chi connectivity index (χ1n) is 6.96. The van der Waals surface area contributed by atoms with E-state index in [1.165, 1.54) is 0 Å². The van der Waals surface area contributed by atoms with Crippen molar-refractivity contribution >= 4 is 5.91 Å². The van der Waals surface area contributed by atoms with Crippen LogP contribution in [0.15, 0.2) is 0 Å². The zero-order valence-corrected chi connectivity index (χ0v) is 11.1. The van der Waals surface area contributed by atoms with E-state index in [2.05, 4.69) is 18.3 Å². The van der Waals surface area contributed by atoms with Gasteiger partial charge in [0.15, 0.2) is 0 Å². The van der Waals surface area contributed by atoms with Gasteiger partial charge in [0.1, 0.15) is 5.54 Å². The molecule has 1 heterocycles. The van der Waals surface area contributed by atoms with Crippen molar-refractivity contribution in [3.63, 3.8) is 0 Å². The second-order valence-corrected chi connectivity index (χ2v) is 5.78. The van der Waals surface area contributed by atoms with Gasteiger partial charge in [-0.15, -0.1) is 0 Å². The Bertz CT molecular complexity index is 334. The number of hydrogen-bond donors (Lipinski definition) is 1. The molecule has 4 nitrogen and oxygen atoms in total. The van der Waals surface area contributed by atoms with Crippen molar-refractivity contribution in [3.05, 3.63) is 0 Å². The number of nitrogens with one attached hydrogen (secondary N) is 1. The SMILES string of the molecule is CC1CCC(C#N)(NC(=O)C2CCCOC2)CC1. The zero-order valence-electron chi connectivity index (χ0n) is 11.1. The summed E-state index contributed by atoms with van der Waals surface area (Å²) >= 11 is 0. The molecule has 1 saturated heterocycles. The van der Waals surface area contributed by atoms with E-state index >= 15 is 0 Å². The Morgan fingerprint density at radius 2 is 2.11 bits per heavy atom. The van der Waals surface area contributed by atoms with E-state index in [1.807, 2.05) is 0 Å². The van der Waals surface area contributed by atoms with E-state index in [0.717, 1.165) is 45.1 Å². The van der Waals surface area contributed by atoms with E-state index in [4.69, 9.17) is 4.74 Å². The highest BCUT2D eigenvalue weighted by molar-refractivity contribution is 5.80. The Morgan fingerprint density at radius 1 is 1.39 bits per heavy atom. The summed E-state index contributed by atoms with van der Waals surface area (Å²) in [6.07, 6.45) is 5.43. The van der Waals surface area contributed by atoms with Gasteiger partial charge in [-0.25, -0.2) is 0 Å². The van der Waals surface area contributed by atoms with Crippen molar-refractivity contribution in [2.24, 2.45) is 11.8 Å². The molecule has 4 heteroatoms. The smallest absolute Gasteiger partial charge is 0.226 e. The van der Waals surface area contributed by atoms with Gasteiger partial charge in [0.05, 0.1) is 18.6 Å². The standard InChI is InChI=1S/C14H22N2O2/c1-11-4-6-14(10-15,7-5-11)16-13(17)12-3-2-8-18-9-12/h11-12H,2-9H2,1H3,(H,16,17). The predicted molar refractivity (Wildman–Crippen MR) is 67.7 cm³/mol. The van der Waals surface area contributed by atoms with Gasteiger partial charge < -0.3 is 10.1 Å². The van der Waals surface area contributed by atoms with Crippen LogP contribution in [0.4, 0.5) is 0 Å². The van der Waals surface area contributed by atoms with E-state index in [0.29, 0.717) is 12.5 Å². The molecule has 18 heavy (non-hydrogen) atoms. The highest BCUT2D eigenvalue weighted by Crippen LogP contribution is 2.32. The molecule has 2 rings (SSSR count). The molecule has 0 bridgehead atoms. The number of ether oxygens (including phenoxy) is 1. The maximum absolute atomic E-state index is 12.2. The van der Waals surface area contributed by atoms with Gasteiger partial charge in [-0.1, -0.05) is 6.92 Å². The number of carbonyl (C=O) groups excluding carboxylic acids is 1. The summed E-state index contributed by atoms with van der Waals surface area (Å²) in [7, 11) is 0. The van der Waals surface area contributed by atoms with Crippen molar-refractivity contribution in [1.82, 2.24) is 5.32 Å². The quantitative estimate of drug-likeness (QED) is 0.815. The second kappa shape index (κ2) is 5.71. The molecule has 2 aliphatic rings. The summed E-state index contributed by atoms with van der Waals surface area (Å²) in [5, 5.41) is 12.4. The third kappa shape index (κ3) is 3.02. The summed E-state index contributed by atoms with van der Waals surface area (Å²) in [6, 6.07) is 2.34. The third-order valence-electron chi connectivity index (χ3n) is 4.24. The van der Waals surface area contributed by atoms with Gasteiger partial charge in [0.25, 0.3) is 0 Å². The van der Waals surface area contributed by atoms with Gasteiger partial charge >= 0.3 is 0 Å². The lowest BCUT2D eigenvalue weighted by Crippen LogP contribution is -2.52. The number of carbonyl (C=O) groups is 1. The van der Waals surface area contributed by atoms with E-state index in [-0.39, 0.29) is 11.8 Å². The minimum Gasteiger partial charge on any atom is -0.381 e. The first kappa shape index (κ1) is 13.4. The van der Waals surface area contributed by atoms with E-state index in [9.17, 15) is 10.1 Å². The molecular formula is C14H22N2O2. The summed E-state index contributed by atoms with van der Waals surface area (Å²) in [5.74, 6) is 0.607. The molecule has 1 saturated carbocycles. The molecule has 100 valence electrons. The van der Waals surface area contributed by atoms with Crippen molar-refractivity contribution in [2.75, 3.05) is 13.2 Å². The fraction of sp³-hybridized carbons (Fsp3) is 0.857. The maximum atomic E-state index is 12.2. The third-order valence-corrected chi connectivity index (χ3v) is 4.24. The van der Waals surface area contributed by atoms with Crippen LogP contribution in [0.2, 0.25) is 0 Å². The fourth-order valence-electron chi connectivity index (χ4n) is 2.81. The Balaban J connectivity index is 1.93. The molecule has 1 amide bonds. The average Bonchev–Trinajstić information content (AvgIpc) is 2.43. The minimum atomic E-state index is -0.624. The molecule has 0 aromatic heterocycles. The largest absolute Gasteiger partial charge is 0.381 e. The van der Waals surface area contributed by atoms with Crippen LogP contribution in [-0.2, 0) is 9.53 Å². The van der Waals surface area contributed by atoms with Gasteiger partial charge in [-0.3, -0.25) is 4.79 Å². The fourth-order valence-corrected chi connectivity index (χ4v) is 2.81. The average molecular weight is 250 g/mol. The summed E-state index contributed by atoms with van der Waals surface area (Å²) in [4.78, 5) is 12.2. The van der Waals surface area contributed by atoms with Crippen molar-refractivity contribution in [3.8, 4) is 6.07 Å². The highest BCUT2D eigenvalue weighted by atomic mass is 16.5. The minimum absolute atomic E-state index is 0.00537. The molecular weight excluding hydrogens is 228 g/mol. The van der Waals surface area contributed by atoms with Crippen LogP contribution >= 0.6 is 0 Å². The van der Waals surface area contributed by atoms with Crippen LogP contribution in [0.3, 0.4) is 0 Å². The number of amides is 1. The number of hydrogen-bond acceptors (Lipinski definition) is 3. The van der Waals surface area contributed by atoms with Crippen molar-refractivity contribution in [2.45, 2.75) is 51.0 Å². The highest BCUT2D eigenvalue weighted by Gasteiger charge is 2.37. The lowest BCUT2D eigenvalue weighted by molar-refractivity contribution is -0.130. The zero-order chi connectivity index (χ0) is 13.0. The Labute approximate surface area is 109 Å². The van der Waals surface area contributed by atoms with Crippen LogP contribution < -0.4 is 5.32 Å². The van der Waals surface area contributed by atoms with Gasteiger partial charge in [0.2, 0.25) is 5.91 Å². The Morgan fingerprint density at radius 3 is 2.67 bits per heavy atom. The van der Waals surface area contributed by atoms with E-state index in [1.54, 1.807) is 0 Å². The first-order valence-corrected chi connectivity index (χ1v) is 6.96. The lowest BCUT2D eigenvalue weighted by atomic mass is 9.77. The topological polar surface area (TPSA) is 62.1 Å². The monoisotopic (exact) mass is 250 g/mol. The molecule has 2 fully saturated rings. The Hall–Kier alpha value is -1.08. The molecule has 1 aliphatic carbocycles. The number of rotatable bonds is 2. The van der Waals surface area contributed by atoms with E-state index < -0.39 is 5.54 Å². The predicted octanol–water partition coefficient (Wildman–Crippen LogP) is 2.00. The van der Waals surface area contributed by atoms with Crippen molar-refractivity contribution in [1.29, 1.82) is 5.26 Å². The van der Waals surface area contributed by atoms with Crippen LogP contribution in [0, 0.1) is 23.2 Å².